The van der Waals surface area contributed by atoms with Gasteiger partial charge in [0.25, 0.3) is 0 Å². The Bertz CT molecular complexity index is 420. The smallest absolute Gasteiger partial charge is 0.352 e. The van der Waals surface area contributed by atoms with Crippen LogP contribution in [0.5, 0.6) is 0 Å². The molecule has 2 aliphatic carbocycles. The zero-order valence-electron chi connectivity index (χ0n) is 14.7. The van der Waals surface area contributed by atoms with Gasteiger partial charge in [0.1, 0.15) is 0 Å². The topological polar surface area (TPSA) is 0 Å². The van der Waals surface area contributed by atoms with Gasteiger partial charge in [-0.3, -0.25) is 18.5 Å². The Balaban J connectivity index is 0. The molecule has 2 rings (SSSR count). The first-order chi connectivity index (χ1) is 9.25. The van der Waals surface area contributed by atoms with Gasteiger partial charge >= 0.3 is 26.2 Å². The van der Waals surface area contributed by atoms with E-state index in [1.54, 1.807) is 0 Å². The SMILES string of the molecule is CC1=[C-]C(C)C(C)=C1C.CC1=[C-]C(C)C(C)=C1C.[CH2-]Cl.[Zr+3]. The van der Waals surface area contributed by atoms with Gasteiger partial charge in [-0.05, 0) is 0 Å². The zero-order chi connectivity index (χ0) is 16.0. The summed E-state index contributed by atoms with van der Waals surface area (Å²) in [6, 6.07) is 0. The summed E-state index contributed by atoms with van der Waals surface area (Å²) in [5.41, 5.74) is 8.49. The van der Waals surface area contributed by atoms with Crippen molar-refractivity contribution in [2.45, 2.75) is 55.4 Å². The van der Waals surface area contributed by atoms with Crippen molar-refractivity contribution in [3.05, 3.63) is 52.0 Å². The van der Waals surface area contributed by atoms with Crippen LogP contribution in [0.2, 0.25) is 0 Å². The van der Waals surface area contributed by atoms with Crippen LogP contribution in [-0.2, 0) is 26.2 Å². The van der Waals surface area contributed by atoms with E-state index in [0.717, 1.165) is 0 Å². The summed E-state index contributed by atoms with van der Waals surface area (Å²) >= 11 is 4.39. The van der Waals surface area contributed by atoms with Crippen LogP contribution in [0.25, 0.3) is 0 Å². The molecule has 2 heteroatoms. The van der Waals surface area contributed by atoms with Crippen molar-refractivity contribution < 1.29 is 26.2 Å². The van der Waals surface area contributed by atoms with Gasteiger partial charge in [-0.15, -0.1) is 13.8 Å². The molecule has 0 aromatic heterocycles. The van der Waals surface area contributed by atoms with E-state index in [1.807, 2.05) is 0 Å². The molecule has 2 unspecified atom stereocenters. The van der Waals surface area contributed by atoms with Crippen molar-refractivity contribution >= 4 is 11.6 Å². The van der Waals surface area contributed by atoms with Crippen molar-refractivity contribution in [1.82, 2.24) is 0 Å². The van der Waals surface area contributed by atoms with Gasteiger partial charge in [0.15, 0.2) is 0 Å². The van der Waals surface area contributed by atoms with E-state index < -0.39 is 0 Å². The monoisotopic (exact) mass is 381 g/mol. The molecule has 0 bridgehead atoms. The van der Waals surface area contributed by atoms with Crippen LogP contribution in [0.1, 0.15) is 55.4 Å². The maximum absolute atomic E-state index is 4.39. The summed E-state index contributed by atoms with van der Waals surface area (Å²) in [6.07, 6.45) is 9.44. The van der Waals surface area contributed by atoms with Crippen LogP contribution in [-0.4, -0.2) is 0 Å². The third-order valence-corrected chi connectivity index (χ3v) is 4.47. The van der Waals surface area contributed by atoms with E-state index in [1.165, 1.54) is 33.4 Å². The molecule has 0 fully saturated rings. The summed E-state index contributed by atoms with van der Waals surface area (Å²) in [5.74, 6) is 1.12. The molecule has 0 aliphatic heterocycles. The molecular weight excluding hydrogens is 355 g/mol. The molecular formula is C19H28ClZr. The zero-order valence-corrected chi connectivity index (χ0v) is 18.0. The van der Waals surface area contributed by atoms with Gasteiger partial charge in [-0.2, -0.15) is 22.3 Å². The molecule has 0 heterocycles. The molecule has 2 atom stereocenters. The van der Waals surface area contributed by atoms with Crippen molar-refractivity contribution in [2.24, 2.45) is 11.8 Å². The number of halogens is 1. The maximum atomic E-state index is 4.39. The summed E-state index contributed by atoms with van der Waals surface area (Å²) in [7, 11) is 0. The van der Waals surface area contributed by atoms with E-state index in [9.17, 15) is 0 Å². The van der Waals surface area contributed by atoms with Crippen molar-refractivity contribution in [2.75, 3.05) is 0 Å². The average Bonchev–Trinajstić information content (AvgIpc) is 2.78. The molecule has 0 N–H and O–H groups in total. The first-order valence-electron chi connectivity index (χ1n) is 7.08. The van der Waals surface area contributed by atoms with E-state index >= 15 is 0 Å². The summed E-state index contributed by atoms with van der Waals surface area (Å²) in [6.45, 7) is 17.3. The first kappa shape index (κ1) is 23.4. The Morgan fingerprint density at radius 1 is 0.714 bits per heavy atom. The molecule has 0 aromatic carbocycles. The molecule has 0 nitrogen and oxygen atoms in total. The Labute approximate surface area is 156 Å². The second-order valence-corrected chi connectivity index (χ2v) is 5.60. The van der Waals surface area contributed by atoms with Crippen LogP contribution in [0.3, 0.4) is 0 Å². The van der Waals surface area contributed by atoms with Crippen LogP contribution in [0, 0.1) is 30.4 Å². The molecule has 0 aromatic rings. The van der Waals surface area contributed by atoms with Gasteiger partial charge in [0.2, 0.25) is 0 Å². The normalized spacial score (nSPS) is 23.5. The minimum absolute atomic E-state index is 0. The Kier molecular flexibility index (Phi) is 12.0. The number of hydrogen-bond donors (Lipinski definition) is 0. The van der Waals surface area contributed by atoms with Gasteiger partial charge in [-0.1, -0.05) is 53.4 Å². The largest absolute Gasteiger partial charge is 3.00 e. The fourth-order valence-corrected chi connectivity index (χ4v) is 2.32. The number of rotatable bonds is 0. The van der Waals surface area contributed by atoms with Crippen molar-refractivity contribution in [1.29, 1.82) is 0 Å². The molecule has 2 aliphatic rings. The van der Waals surface area contributed by atoms with Crippen LogP contribution >= 0.6 is 11.6 Å². The third kappa shape index (κ3) is 6.41. The summed E-state index contributed by atoms with van der Waals surface area (Å²) in [5, 5.41) is 0. The molecule has 0 spiro atoms. The standard InChI is InChI=1S/2C9H13.CH2Cl.Zr/c2*1-6-5-7(2)9(4)8(6)3;1-2;/h2*6H,1-4H3;1H2;/q3*-1;+3. The molecule has 0 saturated heterocycles. The van der Waals surface area contributed by atoms with E-state index in [4.69, 9.17) is 0 Å². The molecule has 0 amide bonds. The van der Waals surface area contributed by atoms with Crippen LogP contribution in [0.15, 0.2) is 33.4 Å². The Hall–Kier alpha value is 0.133. The van der Waals surface area contributed by atoms with Gasteiger partial charge in [-0.25, -0.2) is 11.1 Å². The number of hydrogen-bond acceptors (Lipinski definition) is 0. The Morgan fingerprint density at radius 3 is 1.00 bits per heavy atom. The fourth-order valence-electron chi connectivity index (χ4n) is 2.32. The third-order valence-electron chi connectivity index (χ3n) is 4.47. The Morgan fingerprint density at radius 2 is 0.952 bits per heavy atom. The minimum atomic E-state index is 0. The predicted molar refractivity (Wildman–Crippen MR) is 91.1 cm³/mol. The van der Waals surface area contributed by atoms with Crippen molar-refractivity contribution in [3.8, 4) is 0 Å². The second-order valence-electron chi connectivity index (χ2n) is 5.60. The van der Waals surface area contributed by atoms with Gasteiger partial charge in [0.05, 0.1) is 0 Å². The van der Waals surface area contributed by atoms with Gasteiger partial charge in [0, 0.05) is 0 Å². The van der Waals surface area contributed by atoms with Crippen LogP contribution < -0.4 is 0 Å². The number of allylic oxidation sites excluding steroid dienone is 8. The van der Waals surface area contributed by atoms with Crippen molar-refractivity contribution in [3.63, 3.8) is 0 Å². The second kappa shape index (κ2) is 10.8. The minimum Gasteiger partial charge on any atom is -0.352 e. The van der Waals surface area contributed by atoms with E-state index in [-0.39, 0.29) is 26.2 Å². The van der Waals surface area contributed by atoms with E-state index in [0.29, 0.717) is 11.8 Å². The predicted octanol–water partition coefficient (Wildman–Crippen LogP) is 6.46. The van der Waals surface area contributed by atoms with Gasteiger partial charge < -0.3 is 11.6 Å². The molecule has 0 saturated carbocycles. The summed E-state index contributed by atoms with van der Waals surface area (Å²) < 4.78 is 0. The summed E-state index contributed by atoms with van der Waals surface area (Å²) in [4.78, 5) is 0. The fraction of sp³-hybridized carbons (Fsp3) is 0.526. The van der Waals surface area contributed by atoms with E-state index in [2.05, 4.69) is 85.5 Å². The van der Waals surface area contributed by atoms with Crippen LogP contribution in [0.4, 0.5) is 0 Å². The maximum Gasteiger partial charge on any atom is 3.00 e. The molecule has 21 heavy (non-hydrogen) atoms. The first-order valence-corrected chi connectivity index (χ1v) is 7.61. The molecule has 1 radical (unpaired) electrons. The molecule has 115 valence electrons. The quantitative estimate of drug-likeness (QED) is 0.422. The average molecular weight is 383 g/mol.